The number of rotatable bonds is 3. The predicted octanol–water partition coefficient (Wildman–Crippen LogP) is 4.20. The first-order valence-electron chi connectivity index (χ1n) is 6.20. The Bertz CT molecular complexity index is 872. The smallest absolute Gasteiger partial charge is 0.262 e. The van der Waals surface area contributed by atoms with Crippen molar-refractivity contribution in [2.45, 2.75) is 13.5 Å². The van der Waals surface area contributed by atoms with E-state index in [-0.39, 0.29) is 5.56 Å². The van der Waals surface area contributed by atoms with Gasteiger partial charge in [0.2, 0.25) is 0 Å². The molecule has 3 aromatic rings. The SMILES string of the molecule is Cc1c(NCc2cc(Br)cs2)nc2ccc(Br)cn2c1=O. The van der Waals surface area contributed by atoms with Gasteiger partial charge in [-0.25, -0.2) is 4.98 Å². The summed E-state index contributed by atoms with van der Waals surface area (Å²) in [5, 5.41) is 5.28. The lowest BCUT2D eigenvalue weighted by molar-refractivity contribution is 0.997. The fraction of sp³-hybridized carbons (Fsp3) is 0.143. The van der Waals surface area contributed by atoms with Crippen LogP contribution in [0.4, 0.5) is 5.82 Å². The minimum Gasteiger partial charge on any atom is -0.365 e. The molecule has 0 aliphatic heterocycles. The highest BCUT2D eigenvalue weighted by Crippen LogP contribution is 2.21. The van der Waals surface area contributed by atoms with Crippen LogP contribution in [-0.4, -0.2) is 9.38 Å². The first-order valence-corrected chi connectivity index (χ1v) is 8.66. The third kappa shape index (κ3) is 3.04. The first-order chi connectivity index (χ1) is 10.0. The van der Waals surface area contributed by atoms with Crippen LogP contribution in [0.25, 0.3) is 5.65 Å². The fourth-order valence-corrected chi connectivity index (χ4v) is 3.72. The van der Waals surface area contributed by atoms with Crippen molar-refractivity contribution in [3.8, 4) is 0 Å². The largest absolute Gasteiger partial charge is 0.365 e. The van der Waals surface area contributed by atoms with Gasteiger partial charge in [-0.1, -0.05) is 0 Å². The van der Waals surface area contributed by atoms with Crippen LogP contribution in [-0.2, 0) is 6.54 Å². The van der Waals surface area contributed by atoms with E-state index in [9.17, 15) is 4.79 Å². The molecule has 0 saturated carbocycles. The highest BCUT2D eigenvalue weighted by atomic mass is 79.9. The van der Waals surface area contributed by atoms with Gasteiger partial charge in [0.25, 0.3) is 5.56 Å². The highest BCUT2D eigenvalue weighted by molar-refractivity contribution is 9.10. The van der Waals surface area contributed by atoms with E-state index >= 15 is 0 Å². The van der Waals surface area contributed by atoms with Crippen LogP contribution < -0.4 is 10.9 Å². The molecule has 0 radical (unpaired) electrons. The predicted molar refractivity (Wildman–Crippen MR) is 93.2 cm³/mol. The molecule has 0 spiro atoms. The Morgan fingerprint density at radius 3 is 2.86 bits per heavy atom. The van der Waals surface area contributed by atoms with E-state index in [4.69, 9.17) is 0 Å². The molecule has 3 rings (SSSR count). The van der Waals surface area contributed by atoms with Crippen molar-refractivity contribution in [2.75, 3.05) is 5.32 Å². The van der Waals surface area contributed by atoms with Gasteiger partial charge in [-0.15, -0.1) is 11.3 Å². The summed E-state index contributed by atoms with van der Waals surface area (Å²) in [6, 6.07) is 5.74. The van der Waals surface area contributed by atoms with Gasteiger partial charge in [0, 0.05) is 25.4 Å². The Balaban J connectivity index is 1.97. The summed E-state index contributed by atoms with van der Waals surface area (Å²) in [5.74, 6) is 0.631. The second kappa shape index (κ2) is 5.90. The molecule has 0 saturated heterocycles. The molecule has 0 amide bonds. The van der Waals surface area contributed by atoms with Crippen molar-refractivity contribution in [2.24, 2.45) is 0 Å². The number of nitrogens with zero attached hydrogens (tertiary/aromatic N) is 2. The maximum absolute atomic E-state index is 12.4. The van der Waals surface area contributed by atoms with Crippen LogP contribution in [0.15, 0.2) is 43.5 Å². The van der Waals surface area contributed by atoms with Crippen LogP contribution in [0.2, 0.25) is 0 Å². The number of thiophene rings is 1. The number of fused-ring (bicyclic) bond motifs is 1. The molecular formula is C14H11Br2N3OS. The van der Waals surface area contributed by atoms with E-state index in [1.165, 1.54) is 4.88 Å². The summed E-state index contributed by atoms with van der Waals surface area (Å²) in [5.41, 5.74) is 1.18. The lowest BCUT2D eigenvalue weighted by Crippen LogP contribution is -2.20. The van der Waals surface area contributed by atoms with Crippen LogP contribution in [0.5, 0.6) is 0 Å². The van der Waals surface area contributed by atoms with Crippen molar-refractivity contribution >= 4 is 54.7 Å². The molecule has 0 aliphatic rings. The summed E-state index contributed by atoms with van der Waals surface area (Å²) >= 11 is 8.46. The van der Waals surface area contributed by atoms with Gasteiger partial charge in [0.1, 0.15) is 11.5 Å². The Hall–Kier alpha value is -1.18. The molecular weight excluding hydrogens is 418 g/mol. The van der Waals surface area contributed by atoms with E-state index in [2.05, 4.69) is 48.2 Å². The zero-order valence-electron chi connectivity index (χ0n) is 11.1. The molecule has 0 aromatic carbocycles. The minimum atomic E-state index is -0.0591. The van der Waals surface area contributed by atoms with Gasteiger partial charge in [0.15, 0.2) is 0 Å². The van der Waals surface area contributed by atoms with E-state index in [1.807, 2.05) is 17.5 Å². The molecule has 108 valence electrons. The number of halogens is 2. The standard InChI is InChI=1S/C14H11Br2N3OS/c1-8-13(17-5-11-4-10(16)7-21-11)18-12-3-2-9(15)6-19(12)14(8)20/h2-4,6-7,17H,5H2,1H3. The number of aromatic nitrogens is 2. The average molecular weight is 429 g/mol. The molecule has 4 nitrogen and oxygen atoms in total. The van der Waals surface area contributed by atoms with Gasteiger partial charge in [-0.05, 0) is 57.0 Å². The van der Waals surface area contributed by atoms with Crippen molar-refractivity contribution < 1.29 is 0 Å². The lowest BCUT2D eigenvalue weighted by atomic mass is 10.3. The summed E-state index contributed by atoms with van der Waals surface area (Å²) in [6.07, 6.45) is 1.73. The van der Waals surface area contributed by atoms with Crippen molar-refractivity contribution in [1.82, 2.24) is 9.38 Å². The van der Waals surface area contributed by atoms with E-state index in [1.54, 1.807) is 28.9 Å². The summed E-state index contributed by atoms with van der Waals surface area (Å²) in [6.45, 7) is 2.44. The third-order valence-corrected chi connectivity index (χ3v) is 5.23. The van der Waals surface area contributed by atoms with E-state index < -0.39 is 0 Å². The topological polar surface area (TPSA) is 46.4 Å². The van der Waals surface area contributed by atoms with Gasteiger partial charge in [-0.3, -0.25) is 9.20 Å². The second-order valence-electron chi connectivity index (χ2n) is 4.55. The number of hydrogen-bond donors (Lipinski definition) is 1. The van der Waals surface area contributed by atoms with Crippen molar-refractivity contribution in [3.05, 3.63) is 59.5 Å². The number of hydrogen-bond acceptors (Lipinski definition) is 4. The zero-order valence-corrected chi connectivity index (χ0v) is 15.0. The summed E-state index contributed by atoms with van der Waals surface area (Å²) in [4.78, 5) is 18.1. The quantitative estimate of drug-likeness (QED) is 0.679. The monoisotopic (exact) mass is 427 g/mol. The van der Waals surface area contributed by atoms with Gasteiger partial charge in [0.05, 0.1) is 12.1 Å². The Morgan fingerprint density at radius 1 is 1.33 bits per heavy atom. The molecule has 0 fully saturated rings. The van der Waals surface area contributed by atoms with Gasteiger partial charge >= 0.3 is 0 Å². The number of nitrogens with one attached hydrogen (secondary N) is 1. The van der Waals surface area contributed by atoms with Crippen LogP contribution in [0, 0.1) is 6.92 Å². The number of anilines is 1. The molecule has 1 N–H and O–H groups in total. The normalized spacial score (nSPS) is 11.0. The Morgan fingerprint density at radius 2 is 2.14 bits per heavy atom. The Kier molecular flexibility index (Phi) is 4.14. The molecule has 3 aromatic heterocycles. The van der Waals surface area contributed by atoms with Crippen LogP contribution >= 0.6 is 43.2 Å². The summed E-state index contributed by atoms with van der Waals surface area (Å²) < 4.78 is 3.46. The van der Waals surface area contributed by atoms with Crippen molar-refractivity contribution in [1.29, 1.82) is 0 Å². The molecule has 0 aliphatic carbocycles. The van der Waals surface area contributed by atoms with Gasteiger partial charge < -0.3 is 5.32 Å². The van der Waals surface area contributed by atoms with E-state index in [0.29, 0.717) is 23.6 Å². The van der Waals surface area contributed by atoms with Gasteiger partial charge in [-0.2, -0.15) is 0 Å². The maximum atomic E-state index is 12.4. The molecule has 21 heavy (non-hydrogen) atoms. The molecule has 3 heterocycles. The zero-order chi connectivity index (χ0) is 15.0. The summed E-state index contributed by atoms with van der Waals surface area (Å²) in [7, 11) is 0. The van der Waals surface area contributed by atoms with Crippen molar-refractivity contribution in [3.63, 3.8) is 0 Å². The molecule has 0 unspecified atom stereocenters. The maximum Gasteiger partial charge on any atom is 0.262 e. The minimum absolute atomic E-state index is 0.0591. The average Bonchev–Trinajstić information content (AvgIpc) is 2.88. The molecule has 0 atom stereocenters. The van der Waals surface area contributed by atoms with Crippen LogP contribution in [0.1, 0.15) is 10.4 Å². The first kappa shape index (κ1) is 14.7. The highest BCUT2D eigenvalue weighted by Gasteiger charge is 2.09. The number of pyridine rings is 1. The second-order valence-corrected chi connectivity index (χ2v) is 7.38. The van der Waals surface area contributed by atoms with E-state index in [0.717, 1.165) is 8.95 Å². The molecule has 0 bridgehead atoms. The Labute approximate surface area is 142 Å². The third-order valence-electron chi connectivity index (χ3n) is 3.06. The fourth-order valence-electron chi connectivity index (χ4n) is 1.99. The molecule has 7 heteroatoms. The lowest BCUT2D eigenvalue weighted by Gasteiger charge is -2.09. The van der Waals surface area contributed by atoms with Crippen LogP contribution in [0.3, 0.4) is 0 Å².